The first kappa shape index (κ1) is 20.4. The van der Waals surface area contributed by atoms with Crippen molar-refractivity contribution < 1.29 is 10.9 Å². The van der Waals surface area contributed by atoms with E-state index in [0.29, 0.717) is 0 Å². The Labute approximate surface area is 169 Å². The van der Waals surface area contributed by atoms with Gasteiger partial charge in [-0.1, -0.05) is 25.0 Å². The molecule has 0 N–H and O–H groups in total. The Hall–Kier alpha value is -0.906. The topological polar surface area (TPSA) is 50.5 Å². The van der Waals surface area contributed by atoms with Crippen molar-refractivity contribution in [3.05, 3.63) is 60.2 Å². The van der Waals surface area contributed by atoms with E-state index >= 15 is 0 Å². The molecule has 1 saturated carbocycles. The van der Waals surface area contributed by atoms with E-state index in [2.05, 4.69) is 38.4 Å². The molecule has 7 heteroatoms. The molecule has 2 atom stereocenters. The standard InChI is InChI=1S/C18H20N4.2BrH.Ni/c1-2-8-18(22-14-16-6-4-10-20-12-16)17(7-1)21-13-15-5-3-9-19-11-15;;;/h3-6,9-14,17-18H,1-2,7-8H2;2*1H;/q;;;+2/p-2/t17-,18-;;;/m1.../s1. The number of hydrogen-bond donors (Lipinski definition) is 0. The summed E-state index contributed by atoms with van der Waals surface area (Å²) in [6.07, 6.45) is 15.7. The van der Waals surface area contributed by atoms with Gasteiger partial charge in [0.1, 0.15) is 0 Å². The summed E-state index contributed by atoms with van der Waals surface area (Å²) >= 11 is 6.00. The molecule has 0 unspecified atom stereocenters. The third-order valence-corrected chi connectivity index (χ3v) is 3.89. The number of nitrogens with zero attached hydrogens (tertiary/aromatic N) is 4. The van der Waals surface area contributed by atoms with Crippen LogP contribution in [-0.2, 0) is 10.9 Å². The first-order valence-electron chi connectivity index (χ1n) is 8.02. The van der Waals surface area contributed by atoms with Crippen molar-refractivity contribution in [2.75, 3.05) is 0 Å². The summed E-state index contributed by atoms with van der Waals surface area (Å²) in [6.45, 7) is 0. The number of aromatic nitrogens is 2. The summed E-state index contributed by atoms with van der Waals surface area (Å²) in [6, 6.07) is 8.44. The van der Waals surface area contributed by atoms with Crippen LogP contribution in [0, 0.1) is 0 Å². The van der Waals surface area contributed by atoms with Gasteiger partial charge in [-0.15, -0.1) is 0 Å². The molecular weight excluding hydrogens is 491 g/mol. The Bertz CT molecular complexity index is 595. The van der Waals surface area contributed by atoms with Crippen LogP contribution in [0.4, 0.5) is 0 Å². The third kappa shape index (κ3) is 7.89. The van der Waals surface area contributed by atoms with E-state index in [4.69, 9.17) is 9.98 Å². The van der Waals surface area contributed by atoms with E-state index in [0.717, 1.165) is 24.0 Å². The predicted molar refractivity (Wildman–Crippen MR) is 108 cm³/mol. The van der Waals surface area contributed by atoms with Gasteiger partial charge in [0.2, 0.25) is 0 Å². The molecule has 0 bridgehead atoms. The second kappa shape index (κ2) is 12.4. The van der Waals surface area contributed by atoms with Crippen LogP contribution in [-0.4, -0.2) is 34.5 Å². The number of halogens is 2. The first-order chi connectivity index (χ1) is 12.3. The summed E-state index contributed by atoms with van der Waals surface area (Å²) in [5, 5.41) is 0. The fourth-order valence-electron chi connectivity index (χ4n) is 2.71. The van der Waals surface area contributed by atoms with E-state index in [1.165, 1.54) is 23.7 Å². The first-order valence-corrected chi connectivity index (χ1v) is 12.9. The normalized spacial score (nSPS) is 20.6. The summed E-state index contributed by atoms with van der Waals surface area (Å²) in [4.78, 5) is 17.7. The monoisotopic (exact) mass is 508 g/mol. The summed E-state index contributed by atoms with van der Waals surface area (Å²) < 4.78 is 0. The van der Waals surface area contributed by atoms with Gasteiger partial charge in [-0.3, -0.25) is 20.0 Å². The molecule has 1 aliphatic rings. The zero-order valence-electron chi connectivity index (χ0n) is 13.6. The number of rotatable bonds is 4. The summed E-state index contributed by atoms with van der Waals surface area (Å²) in [7, 11) is 1.25. The van der Waals surface area contributed by atoms with Crippen LogP contribution in [0.2, 0.25) is 0 Å². The second-order valence-corrected chi connectivity index (χ2v) is 10.6. The van der Waals surface area contributed by atoms with Crippen LogP contribution in [0.25, 0.3) is 0 Å². The molecule has 0 radical (unpaired) electrons. The van der Waals surface area contributed by atoms with Crippen molar-refractivity contribution in [2.45, 2.75) is 37.8 Å². The molecule has 136 valence electrons. The van der Waals surface area contributed by atoms with Gasteiger partial charge in [0, 0.05) is 48.3 Å². The van der Waals surface area contributed by atoms with Crippen molar-refractivity contribution in [3.8, 4) is 0 Å². The van der Waals surface area contributed by atoms with E-state index in [1.807, 2.05) is 49.1 Å². The summed E-state index contributed by atoms with van der Waals surface area (Å²) in [5.41, 5.74) is 2.09. The molecule has 0 saturated heterocycles. The van der Waals surface area contributed by atoms with Crippen molar-refractivity contribution in [1.29, 1.82) is 0 Å². The molecule has 3 rings (SSSR count). The quantitative estimate of drug-likeness (QED) is 0.429. The van der Waals surface area contributed by atoms with Crippen LogP contribution >= 0.6 is 28.5 Å². The molecule has 0 amide bonds. The molecule has 0 aromatic carbocycles. The fourth-order valence-corrected chi connectivity index (χ4v) is 2.71. The molecule has 1 aliphatic carbocycles. The van der Waals surface area contributed by atoms with Gasteiger partial charge in [0.25, 0.3) is 0 Å². The number of hydrogen-bond acceptors (Lipinski definition) is 4. The molecule has 0 spiro atoms. The van der Waals surface area contributed by atoms with E-state index < -0.39 is 0 Å². The molecule has 2 heterocycles. The van der Waals surface area contributed by atoms with Crippen LogP contribution in [0.3, 0.4) is 0 Å². The molecular formula is C18H20Br2N4Ni. The number of pyridine rings is 2. The predicted octanol–water partition coefficient (Wildman–Crippen LogP) is 5.01. The van der Waals surface area contributed by atoms with Crippen LogP contribution in [0.5, 0.6) is 0 Å². The van der Waals surface area contributed by atoms with Crippen molar-refractivity contribution >= 4 is 40.9 Å². The Balaban J connectivity index is 0.000000701. The van der Waals surface area contributed by atoms with Gasteiger partial charge >= 0.3 is 39.3 Å². The van der Waals surface area contributed by atoms with Crippen LogP contribution in [0.1, 0.15) is 36.8 Å². The zero-order chi connectivity index (χ0) is 17.7. The van der Waals surface area contributed by atoms with Gasteiger partial charge < -0.3 is 0 Å². The third-order valence-electron chi connectivity index (χ3n) is 3.89. The van der Waals surface area contributed by atoms with Gasteiger partial charge in [0.05, 0.1) is 12.1 Å². The summed E-state index contributed by atoms with van der Waals surface area (Å²) in [5.74, 6) is 0. The SMILES string of the molecule is C(=N[C@@H]1CCCC[C@H]1N=Cc1cccnc1)c1cccnc1.[Br][Ni][Br]. The Morgan fingerprint density at radius 2 is 1.32 bits per heavy atom. The van der Waals surface area contributed by atoms with E-state index in [-0.39, 0.29) is 12.1 Å². The van der Waals surface area contributed by atoms with Crippen molar-refractivity contribution in [3.63, 3.8) is 0 Å². The fraction of sp³-hybridized carbons (Fsp3) is 0.333. The Morgan fingerprint density at radius 1 is 0.880 bits per heavy atom. The maximum atomic E-state index is 4.75. The minimum atomic E-state index is 0.266. The molecule has 25 heavy (non-hydrogen) atoms. The van der Waals surface area contributed by atoms with Gasteiger partial charge in [-0.05, 0) is 25.0 Å². The molecule has 1 fully saturated rings. The maximum absolute atomic E-state index is 4.75. The van der Waals surface area contributed by atoms with Crippen molar-refractivity contribution in [1.82, 2.24) is 9.97 Å². The molecule has 2 aromatic heterocycles. The second-order valence-electron chi connectivity index (χ2n) is 5.59. The molecule has 0 aliphatic heterocycles. The Kier molecular flexibility index (Phi) is 10.2. The molecule has 4 nitrogen and oxygen atoms in total. The van der Waals surface area contributed by atoms with Crippen LogP contribution < -0.4 is 0 Å². The van der Waals surface area contributed by atoms with Gasteiger partial charge in [0.15, 0.2) is 0 Å². The van der Waals surface area contributed by atoms with Gasteiger partial charge in [-0.2, -0.15) is 0 Å². The molecule has 2 aromatic rings. The van der Waals surface area contributed by atoms with E-state index in [9.17, 15) is 0 Å². The average Bonchev–Trinajstić information content (AvgIpc) is 2.68. The zero-order valence-corrected chi connectivity index (χ0v) is 17.8. The van der Waals surface area contributed by atoms with E-state index in [1.54, 1.807) is 12.4 Å². The van der Waals surface area contributed by atoms with Crippen molar-refractivity contribution in [2.24, 2.45) is 9.98 Å². The Morgan fingerprint density at radius 3 is 1.68 bits per heavy atom. The number of aliphatic imine (C=N–C) groups is 2. The van der Waals surface area contributed by atoms with Gasteiger partial charge in [-0.25, -0.2) is 0 Å². The minimum absolute atomic E-state index is 0.266. The average molecular weight is 511 g/mol. The van der Waals surface area contributed by atoms with Crippen LogP contribution in [0.15, 0.2) is 59.0 Å².